The predicted molar refractivity (Wildman–Crippen MR) is 617 cm³/mol. The Kier molecular flexibility index (Phi) is 21.7. The molecule has 0 spiro atoms. The molecule has 150 heavy (non-hydrogen) atoms. The van der Waals surface area contributed by atoms with E-state index >= 15 is 0 Å². The molecular weight excluding hydrogens is 1820 g/mol. The Bertz CT molecular complexity index is 9600. The number of hydrogen-bond donors (Lipinski definition) is 0. The normalized spacial score (nSPS) is 11.6. The molecular formula is C140H90N10. The lowest BCUT2D eigenvalue weighted by atomic mass is 9.93. The molecule has 19 aromatic carbocycles. The third-order valence-electron chi connectivity index (χ3n) is 29.7. The summed E-state index contributed by atoms with van der Waals surface area (Å²) in [6, 6.07) is 187. The molecule has 0 fully saturated rings. The molecule has 4 aliphatic rings. The van der Waals surface area contributed by atoms with E-state index in [1.165, 1.54) is 177 Å². The smallest absolute Gasteiger partial charge is 0.235 e. The van der Waals surface area contributed by atoms with Gasteiger partial charge in [0.1, 0.15) is 11.6 Å². The van der Waals surface area contributed by atoms with Crippen LogP contribution in [-0.4, -0.2) is 48.2 Å². The van der Waals surface area contributed by atoms with Gasteiger partial charge in [-0.05, 0) is 194 Å². The molecule has 0 N–H and O–H groups in total. The summed E-state index contributed by atoms with van der Waals surface area (Å²) in [5.74, 6) is 3.16. The van der Waals surface area contributed by atoms with Crippen molar-refractivity contribution in [2.24, 2.45) is 0 Å². The average Bonchev–Trinajstić information content (AvgIpc) is 1.57. The maximum atomic E-state index is 5.31. The van der Waals surface area contributed by atoms with Crippen LogP contribution < -0.4 is 0 Å². The van der Waals surface area contributed by atoms with Gasteiger partial charge in [-0.2, -0.15) is 0 Å². The molecule has 10 nitrogen and oxygen atoms in total. The molecule has 27 aromatic rings. The first-order valence-corrected chi connectivity index (χ1v) is 51.0. The second-order valence-corrected chi connectivity index (χ2v) is 38.0. The van der Waals surface area contributed by atoms with Crippen molar-refractivity contribution in [2.45, 2.75) is 0 Å². The van der Waals surface area contributed by atoms with E-state index in [1.807, 2.05) is 48.9 Å². The van der Waals surface area contributed by atoms with Crippen molar-refractivity contribution in [1.82, 2.24) is 48.2 Å². The first kappa shape index (κ1) is 87.6. The highest BCUT2D eigenvalue weighted by atomic mass is 15.2. The summed E-state index contributed by atoms with van der Waals surface area (Å²) >= 11 is 0. The minimum absolute atomic E-state index is 0.647. The number of pyridine rings is 2. The maximum absolute atomic E-state index is 5.31. The van der Waals surface area contributed by atoms with E-state index in [-0.39, 0.29) is 0 Å². The Morgan fingerprint density at radius 1 is 0.133 bits per heavy atom. The largest absolute Gasteiger partial charge is 0.293 e. The van der Waals surface area contributed by atoms with Gasteiger partial charge in [-0.3, -0.25) is 18.3 Å². The average molecular weight is 1910 g/mol. The van der Waals surface area contributed by atoms with Crippen molar-refractivity contribution in [3.05, 3.63) is 546 Å². The topological polar surface area (TPSA) is 97.1 Å². The maximum Gasteiger partial charge on any atom is 0.235 e. The summed E-state index contributed by atoms with van der Waals surface area (Å²) in [6.45, 7) is 0. The van der Waals surface area contributed by atoms with Crippen molar-refractivity contribution in [1.29, 1.82) is 0 Å². The monoisotopic (exact) mass is 1910 g/mol. The van der Waals surface area contributed by atoms with Gasteiger partial charge >= 0.3 is 0 Å². The standard InChI is InChI=1S/C42H27N3.C37H24N2.C31H20N2.C30H19N3/c1-4-15-28(16-5-1)36-27-37(29-17-6-2-7-18-29)44-42(43-36)45-38-26-14-25-34-32-22-11-10-21-31(32)33-23-12-13-24-35(33)40(39(34)38)41(45)30-19-8-3-9-20-30;1-3-13-25(14-4-1)32-22-12-24-34(38-32)39-33-23-11-21-30-28-18-8-7-17-27(28)29-19-9-10-20-31(29)36(35(30)33)37(39)26-15-5-2-6-16-26;1-2-11-21(12-3-1)31-30-26-16-7-6-15-24(26)22-13-4-5-14-23(22)25-17-10-18-27(29(25)30)33(31)28-19-8-9-20-32-28;1-2-10-20(11-3-1)29-28-25-15-7-6-14-23(25)21-12-4-5-13-22(21)24-16-8-17-26(27(24)28)33(29)30-31-18-9-19-32-30/h1-27H;1-24H;1-20H;1-19H. The van der Waals surface area contributed by atoms with Gasteiger partial charge in [-0.25, -0.2) is 29.9 Å². The highest BCUT2D eigenvalue weighted by Gasteiger charge is 2.36. The number of aromatic nitrogens is 10. The van der Waals surface area contributed by atoms with E-state index in [4.69, 9.17) is 19.9 Å². The summed E-state index contributed by atoms with van der Waals surface area (Å²) in [7, 11) is 0. The molecule has 0 aliphatic heterocycles. The van der Waals surface area contributed by atoms with Crippen LogP contribution in [0.15, 0.2) is 546 Å². The van der Waals surface area contributed by atoms with Crippen molar-refractivity contribution in [3.8, 4) is 236 Å². The Morgan fingerprint density at radius 3 is 0.660 bits per heavy atom. The van der Waals surface area contributed by atoms with Crippen LogP contribution in [0.25, 0.3) is 279 Å². The molecule has 8 aromatic heterocycles. The van der Waals surface area contributed by atoms with Crippen LogP contribution in [0.1, 0.15) is 0 Å². The van der Waals surface area contributed by atoms with E-state index in [0.29, 0.717) is 11.9 Å². The minimum Gasteiger partial charge on any atom is -0.293 e. The third kappa shape index (κ3) is 14.7. The van der Waals surface area contributed by atoms with Crippen molar-refractivity contribution in [2.75, 3.05) is 0 Å². The van der Waals surface area contributed by atoms with Gasteiger partial charge in [-0.1, -0.05) is 467 Å². The molecule has 0 atom stereocenters. The Hall–Kier alpha value is -20.2. The molecule has 700 valence electrons. The zero-order chi connectivity index (χ0) is 99.1. The second-order valence-electron chi connectivity index (χ2n) is 38.0. The molecule has 31 rings (SSSR count). The van der Waals surface area contributed by atoms with Crippen LogP contribution in [0.3, 0.4) is 0 Å². The zero-order valence-corrected chi connectivity index (χ0v) is 81.4. The van der Waals surface area contributed by atoms with Crippen LogP contribution >= 0.6 is 0 Å². The summed E-state index contributed by atoms with van der Waals surface area (Å²) in [5.41, 5.74) is 49.6. The third-order valence-corrected chi connectivity index (χ3v) is 29.7. The van der Waals surface area contributed by atoms with Gasteiger partial charge in [0, 0.05) is 79.1 Å². The Balaban J connectivity index is 0.0000000968. The van der Waals surface area contributed by atoms with Crippen LogP contribution in [0.4, 0.5) is 0 Å². The second kappa shape index (κ2) is 37.2. The fourth-order valence-electron chi connectivity index (χ4n) is 23.5. The number of benzene rings is 19. The predicted octanol–water partition coefficient (Wildman–Crippen LogP) is 35.8. The van der Waals surface area contributed by atoms with Crippen molar-refractivity contribution < 1.29 is 0 Å². The van der Waals surface area contributed by atoms with E-state index in [0.717, 1.165) is 90.2 Å². The molecule has 8 heterocycles. The minimum atomic E-state index is 0.647. The number of nitrogens with zero attached hydrogens (tertiary/aromatic N) is 10. The molecule has 0 bridgehead atoms. The van der Waals surface area contributed by atoms with E-state index in [1.54, 1.807) is 0 Å². The molecule has 4 aliphatic carbocycles. The SMILES string of the molecule is c1ccc(-c2c3c4c(cccc4n2-c2ccccn2)-c2ccccc2-c2ccccc2-3)cc1.c1ccc(-c2c3c4c(cccc4n2-c2ncccn2)-c2ccccc2-c2ccccc2-3)cc1.c1ccc(-c2cc(-c3ccccc3)nc(-n3c(-c4ccccc4)c4c5c(cccc53)-c3ccccc3-c3ccccc3-4)n2)cc1.c1ccc(-c2cccc(-n3c(-c4ccccc4)c4c5c(cccc53)-c3ccccc3-c3ccccc3-4)n2)cc1. The summed E-state index contributed by atoms with van der Waals surface area (Å²) in [4.78, 5) is 29.9. The van der Waals surface area contributed by atoms with Gasteiger partial charge in [0.25, 0.3) is 0 Å². The number of rotatable bonds is 11. The van der Waals surface area contributed by atoms with E-state index in [9.17, 15) is 0 Å². The highest BCUT2D eigenvalue weighted by molar-refractivity contribution is 6.23. The number of hydrogen-bond acceptors (Lipinski definition) is 6. The summed E-state index contributed by atoms with van der Waals surface area (Å²) < 4.78 is 9.19. The van der Waals surface area contributed by atoms with E-state index < -0.39 is 0 Å². The van der Waals surface area contributed by atoms with Crippen LogP contribution in [0.2, 0.25) is 0 Å². The van der Waals surface area contributed by atoms with Crippen LogP contribution in [0, 0.1) is 0 Å². The molecule has 0 unspecified atom stereocenters. The molecule has 0 saturated carbocycles. The van der Waals surface area contributed by atoms with Gasteiger partial charge in [0.2, 0.25) is 11.9 Å². The van der Waals surface area contributed by atoms with Gasteiger partial charge < -0.3 is 0 Å². The lowest BCUT2D eigenvalue weighted by Gasteiger charge is -2.16. The quantitative estimate of drug-likeness (QED) is 0.128. The summed E-state index contributed by atoms with van der Waals surface area (Å²) in [5, 5.41) is 4.99. The first-order valence-electron chi connectivity index (χ1n) is 51.0. The zero-order valence-electron chi connectivity index (χ0n) is 81.4. The first-order chi connectivity index (χ1) is 74.6. The van der Waals surface area contributed by atoms with Gasteiger partial charge in [0.05, 0.1) is 61.9 Å². The van der Waals surface area contributed by atoms with Crippen molar-refractivity contribution in [3.63, 3.8) is 0 Å². The van der Waals surface area contributed by atoms with Gasteiger partial charge in [-0.15, -0.1) is 0 Å². The van der Waals surface area contributed by atoms with Crippen molar-refractivity contribution >= 4 is 43.6 Å². The fraction of sp³-hybridized carbons (Fsp3) is 0. The molecule has 10 heteroatoms. The van der Waals surface area contributed by atoms with E-state index in [2.05, 4.69) is 526 Å². The molecule has 0 radical (unpaired) electrons. The Labute approximate surface area is 867 Å². The fourth-order valence-corrected chi connectivity index (χ4v) is 23.5. The highest BCUT2D eigenvalue weighted by Crippen LogP contribution is 2.59. The van der Waals surface area contributed by atoms with Gasteiger partial charge in [0.15, 0.2) is 0 Å². The molecule has 0 saturated heterocycles. The summed E-state index contributed by atoms with van der Waals surface area (Å²) in [6.07, 6.45) is 5.48. The van der Waals surface area contributed by atoms with Crippen LogP contribution in [-0.2, 0) is 0 Å². The Morgan fingerprint density at radius 2 is 0.353 bits per heavy atom. The number of fused-ring (bicyclic) bond motifs is 20. The molecule has 0 amide bonds. The lowest BCUT2D eigenvalue weighted by Crippen LogP contribution is -2.06. The lowest BCUT2D eigenvalue weighted by molar-refractivity contribution is 0.968. The van der Waals surface area contributed by atoms with Crippen LogP contribution in [0.5, 0.6) is 0 Å².